The molecule has 3 atom stereocenters. The highest BCUT2D eigenvalue weighted by Crippen LogP contribution is 2.15. The molecule has 180 valence electrons. The van der Waals surface area contributed by atoms with Crippen LogP contribution in [0.2, 0.25) is 0 Å². The molecular weight excluding hydrogens is 446 g/mol. The molecule has 0 bridgehead atoms. The van der Waals surface area contributed by atoms with E-state index in [-0.39, 0.29) is 24.3 Å². The Hall–Kier alpha value is -2.74. The van der Waals surface area contributed by atoms with Gasteiger partial charge in [-0.05, 0) is 25.7 Å². The molecule has 0 aromatic carbocycles. The molecule has 1 fully saturated rings. The summed E-state index contributed by atoms with van der Waals surface area (Å²) in [6.07, 6.45) is 0.714. The van der Waals surface area contributed by atoms with Crippen LogP contribution in [0.4, 0.5) is 4.79 Å². The first-order valence-electron chi connectivity index (χ1n) is 10.1. The minimum Gasteiger partial charge on any atom is -0.480 e. The van der Waals surface area contributed by atoms with E-state index in [9.17, 15) is 28.9 Å². The van der Waals surface area contributed by atoms with Crippen molar-refractivity contribution >= 4 is 41.5 Å². The van der Waals surface area contributed by atoms with Crippen molar-refractivity contribution < 1.29 is 34.2 Å². The van der Waals surface area contributed by atoms with Gasteiger partial charge in [0.2, 0.25) is 5.91 Å². The fraction of sp³-hybridized carbons (Fsp3) is 0.722. The van der Waals surface area contributed by atoms with Crippen LogP contribution in [0.15, 0.2) is 5.18 Å². The lowest BCUT2D eigenvalue weighted by Gasteiger charge is -2.28. The molecule has 1 saturated heterocycles. The highest BCUT2D eigenvalue weighted by Gasteiger charge is 2.30. The largest absolute Gasteiger partial charge is 0.480 e. The van der Waals surface area contributed by atoms with Gasteiger partial charge in [-0.1, -0.05) is 5.18 Å². The molecular formula is C18H29N5O8S. The molecule has 0 aliphatic carbocycles. The summed E-state index contributed by atoms with van der Waals surface area (Å²) < 4.78 is 0. The quantitative estimate of drug-likeness (QED) is 0.271. The summed E-state index contributed by atoms with van der Waals surface area (Å²) in [5.41, 5.74) is 5.35. The van der Waals surface area contributed by atoms with Crippen molar-refractivity contribution in [1.29, 1.82) is 0 Å². The Morgan fingerprint density at radius 2 is 1.75 bits per heavy atom. The number of hydrogen-bond donors (Lipinski definition) is 4. The van der Waals surface area contributed by atoms with E-state index < -0.39 is 47.9 Å². The molecule has 4 amide bonds. The Bertz CT molecular complexity index is 715. The second-order valence-electron chi connectivity index (χ2n) is 7.33. The number of amides is 4. The normalized spacial score (nSPS) is 16.4. The Labute approximate surface area is 189 Å². The van der Waals surface area contributed by atoms with Crippen molar-refractivity contribution in [1.82, 2.24) is 15.1 Å². The van der Waals surface area contributed by atoms with Crippen LogP contribution in [0, 0.1) is 4.91 Å². The minimum atomic E-state index is -1.53. The van der Waals surface area contributed by atoms with Crippen LogP contribution in [0.1, 0.15) is 32.1 Å². The molecule has 5 N–H and O–H groups in total. The summed E-state index contributed by atoms with van der Waals surface area (Å²) >= 11 is 1.000. The van der Waals surface area contributed by atoms with E-state index in [2.05, 4.69) is 10.5 Å². The molecule has 1 rings (SSSR count). The minimum absolute atomic E-state index is 0.0425. The number of carbonyl (C=O) groups excluding carboxylic acids is 3. The van der Waals surface area contributed by atoms with Crippen molar-refractivity contribution in [3.63, 3.8) is 0 Å². The second-order valence-corrected chi connectivity index (χ2v) is 8.40. The van der Waals surface area contributed by atoms with E-state index in [0.717, 1.165) is 38.1 Å². The van der Waals surface area contributed by atoms with Gasteiger partial charge >= 0.3 is 12.1 Å². The van der Waals surface area contributed by atoms with Crippen LogP contribution in [-0.2, 0) is 19.2 Å². The number of hydrogen-bond acceptors (Lipinski definition) is 9. The first kappa shape index (κ1) is 27.3. The molecule has 13 nitrogen and oxygen atoms in total. The average molecular weight is 476 g/mol. The summed E-state index contributed by atoms with van der Waals surface area (Å²) in [4.78, 5) is 72.0. The van der Waals surface area contributed by atoms with Crippen LogP contribution in [-0.4, -0.2) is 99.6 Å². The van der Waals surface area contributed by atoms with E-state index >= 15 is 0 Å². The summed E-state index contributed by atoms with van der Waals surface area (Å²) in [6.45, 7) is 1.10. The summed E-state index contributed by atoms with van der Waals surface area (Å²) in [5, 5.41) is 23.1. The molecule has 1 aliphatic heterocycles. The standard InChI is InChI=1S/C18H29N5O8S/c1-22(18(29)30)15(25)12(20-14(24)6-5-11(19)17(27)28)9-32-10-13(21-31)16(26)23-7-3-2-4-8-23/h11-13H,2-10,19H2,1H3,(H,20,24)(H,27,28)(H,29,30). The van der Waals surface area contributed by atoms with Gasteiger partial charge in [-0.15, -0.1) is 4.91 Å². The van der Waals surface area contributed by atoms with Crippen molar-refractivity contribution in [2.45, 2.75) is 50.2 Å². The van der Waals surface area contributed by atoms with E-state index in [0.29, 0.717) is 18.0 Å². The number of nitrogens with one attached hydrogen (secondary N) is 1. The van der Waals surface area contributed by atoms with Crippen LogP contribution < -0.4 is 11.1 Å². The Balaban J connectivity index is 2.71. The molecule has 32 heavy (non-hydrogen) atoms. The molecule has 0 spiro atoms. The zero-order valence-corrected chi connectivity index (χ0v) is 18.6. The fourth-order valence-electron chi connectivity index (χ4n) is 2.95. The van der Waals surface area contributed by atoms with Crippen LogP contribution in [0.25, 0.3) is 0 Å². The smallest absolute Gasteiger partial charge is 0.413 e. The van der Waals surface area contributed by atoms with Gasteiger partial charge in [0, 0.05) is 38.1 Å². The molecule has 14 heteroatoms. The number of thioether (sulfide) groups is 1. The van der Waals surface area contributed by atoms with E-state index in [4.69, 9.17) is 15.9 Å². The topological polar surface area (TPSA) is 200 Å². The van der Waals surface area contributed by atoms with Crippen LogP contribution in [0.5, 0.6) is 0 Å². The third-order valence-corrected chi connectivity index (χ3v) is 6.01. The number of nitrogens with two attached hydrogens (primary N) is 1. The highest BCUT2D eigenvalue weighted by atomic mass is 32.2. The molecule has 1 aliphatic rings. The van der Waals surface area contributed by atoms with E-state index in [1.54, 1.807) is 4.90 Å². The predicted molar refractivity (Wildman–Crippen MR) is 115 cm³/mol. The number of nitrogens with zero attached hydrogens (tertiary/aromatic N) is 3. The average Bonchev–Trinajstić information content (AvgIpc) is 2.78. The monoisotopic (exact) mass is 475 g/mol. The van der Waals surface area contributed by atoms with E-state index in [1.807, 2.05) is 0 Å². The van der Waals surface area contributed by atoms with Gasteiger partial charge in [0.1, 0.15) is 12.1 Å². The zero-order valence-electron chi connectivity index (χ0n) is 17.8. The maximum Gasteiger partial charge on any atom is 0.413 e. The SMILES string of the molecule is CN(C(=O)O)C(=O)C(CSCC(N=O)C(=O)N1CCCCC1)NC(=O)CCC(N)C(=O)O. The Morgan fingerprint density at radius 1 is 1.12 bits per heavy atom. The molecule has 0 aromatic rings. The number of carbonyl (C=O) groups is 5. The molecule has 0 saturated carbocycles. The van der Waals surface area contributed by atoms with Gasteiger partial charge < -0.3 is 26.2 Å². The van der Waals surface area contributed by atoms with Crippen molar-refractivity contribution in [3.8, 4) is 0 Å². The molecule has 0 radical (unpaired) electrons. The van der Waals surface area contributed by atoms with Crippen molar-refractivity contribution in [2.75, 3.05) is 31.6 Å². The number of rotatable bonds is 12. The number of piperidine rings is 1. The molecule has 1 heterocycles. The Kier molecular flexibility index (Phi) is 11.6. The van der Waals surface area contributed by atoms with Gasteiger partial charge in [-0.2, -0.15) is 11.8 Å². The number of carboxylic acid groups (broad SMARTS) is 2. The Morgan fingerprint density at radius 3 is 2.28 bits per heavy atom. The number of carboxylic acids is 1. The predicted octanol–water partition coefficient (Wildman–Crippen LogP) is -0.320. The van der Waals surface area contributed by atoms with Crippen LogP contribution in [0.3, 0.4) is 0 Å². The highest BCUT2D eigenvalue weighted by molar-refractivity contribution is 7.99. The summed E-state index contributed by atoms with van der Waals surface area (Å²) in [7, 11) is 1.02. The van der Waals surface area contributed by atoms with Gasteiger partial charge in [0.05, 0.1) is 0 Å². The van der Waals surface area contributed by atoms with Gasteiger partial charge in [0.25, 0.3) is 11.8 Å². The van der Waals surface area contributed by atoms with Gasteiger partial charge in [-0.3, -0.25) is 19.2 Å². The third kappa shape index (κ3) is 8.78. The maximum absolute atomic E-state index is 12.5. The molecule has 3 unspecified atom stereocenters. The number of likely N-dealkylation sites (tertiary alicyclic amines) is 1. The lowest BCUT2D eigenvalue weighted by atomic mass is 10.1. The number of likely N-dealkylation sites (N-methyl/N-ethyl adjacent to an activating group) is 1. The zero-order chi connectivity index (χ0) is 24.3. The summed E-state index contributed by atoms with van der Waals surface area (Å²) in [5.74, 6) is -3.44. The fourth-order valence-corrected chi connectivity index (χ4v) is 3.97. The summed E-state index contributed by atoms with van der Waals surface area (Å²) in [6, 6.07) is -3.69. The molecule has 0 aromatic heterocycles. The van der Waals surface area contributed by atoms with E-state index in [1.165, 1.54) is 0 Å². The van der Waals surface area contributed by atoms with Crippen molar-refractivity contribution in [2.24, 2.45) is 10.9 Å². The van der Waals surface area contributed by atoms with Gasteiger partial charge in [0.15, 0.2) is 6.04 Å². The number of aliphatic carboxylic acids is 1. The van der Waals surface area contributed by atoms with Crippen molar-refractivity contribution in [3.05, 3.63) is 4.91 Å². The first-order valence-corrected chi connectivity index (χ1v) is 11.2. The maximum atomic E-state index is 12.5. The second kappa shape index (κ2) is 13.6. The third-order valence-electron chi connectivity index (χ3n) is 4.89. The van der Waals surface area contributed by atoms with Crippen LogP contribution >= 0.6 is 11.8 Å². The van der Waals surface area contributed by atoms with Gasteiger partial charge in [-0.25, -0.2) is 9.69 Å². The first-order chi connectivity index (χ1) is 15.1. The number of nitroso groups, excluding NO2 is 1. The lowest BCUT2D eigenvalue weighted by molar-refractivity contribution is -0.139. The number of imide groups is 1. The lowest BCUT2D eigenvalue weighted by Crippen LogP contribution is -2.50.